The molecule has 114 valence electrons. The number of likely N-dealkylation sites (tertiary alicyclic amines) is 1. The van der Waals surface area contributed by atoms with Gasteiger partial charge in [0.15, 0.2) is 5.75 Å². The van der Waals surface area contributed by atoms with E-state index in [1.165, 1.54) is 19.3 Å². The second-order valence-electron chi connectivity index (χ2n) is 5.62. The van der Waals surface area contributed by atoms with Gasteiger partial charge in [0.2, 0.25) is 0 Å². The highest BCUT2D eigenvalue weighted by atomic mass is 16.5. The van der Waals surface area contributed by atoms with Crippen LogP contribution in [0.4, 0.5) is 5.69 Å². The Morgan fingerprint density at radius 1 is 1.29 bits per heavy atom. The van der Waals surface area contributed by atoms with Gasteiger partial charge in [-0.05, 0) is 38.1 Å². The molecular weight excluding hydrogens is 266 g/mol. The highest BCUT2D eigenvalue weighted by Gasteiger charge is 2.19. The number of fused-ring (bicyclic) bond motifs is 1. The zero-order valence-electron chi connectivity index (χ0n) is 12.4. The summed E-state index contributed by atoms with van der Waals surface area (Å²) in [5.74, 6) is 0.631. The van der Waals surface area contributed by atoms with Gasteiger partial charge in [-0.3, -0.25) is 4.79 Å². The number of amides is 1. The fourth-order valence-corrected chi connectivity index (χ4v) is 2.96. The minimum Gasteiger partial charge on any atom is -0.489 e. The largest absolute Gasteiger partial charge is 0.489 e. The third-order valence-electron chi connectivity index (χ3n) is 4.09. The fourth-order valence-electron chi connectivity index (χ4n) is 2.96. The van der Waals surface area contributed by atoms with Gasteiger partial charge in [0.05, 0.1) is 11.3 Å². The lowest BCUT2D eigenvalue weighted by atomic mass is 10.1. The molecule has 0 atom stereocenters. The molecule has 1 aromatic rings. The lowest BCUT2D eigenvalue weighted by Gasteiger charge is -2.26. The molecule has 0 bridgehead atoms. The van der Waals surface area contributed by atoms with Gasteiger partial charge >= 0.3 is 0 Å². The van der Waals surface area contributed by atoms with E-state index in [1.807, 2.05) is 18.2 Å². The number of piperidine rings is 1. The molecule has 21 heavy (non-hydrogen) atoms. The Bertz CT molecular complexity index is 498. The second-order valence-corrected chi connectivity index (χ2v) is 5.62. The average molecular weight is 289 g/mol. The maximum atomic E-state index is 12.3. The molecule has 0 aliphatic carbocycles. The molecule has 1 saturated heterocycles. The molecule has 5 nitrogen and oxygen atoms in total. The van der Waals surface area contributed by atoms with Gasteiger partial charge in [0.1, 0.15) is 6.61 Å². The topological polar surface area (TPSA) is 53.6 Å². The van der Waals surface area contributed by atoms with Crippen molar-refractivity contribution in [2.75, 3.05) is 44.6 Å². The summed E-state index contributed by atoms with van der Waals surface area (Å²) in [6, 6.07) is 5.65. The first-order chi connectivity index (χ1) is 10.3. The first kappa shape index (κ1) is 14.2. The number of carbonyl (C=O) groups excluding carboxylic acids is 1. The molecule has 2 aliphatic heterocycles. The van der Waals surface area contributed by atoms with E-state index < -0.39 is 0 Å². The van der Waals surface area contributed by atoms with E-state index in [4.69, 9.17) is 4.74 Å². The van der Waals surface area contributed by atoms with Crippen LogP contribution in [-0.2, 0) is 0 Å². The molecule has 0 saturated carbocycles. The Labute approximate surface area is 125 Å². The van der Waals surface area contributed by atoms with E-state index >= 15 is 0 Å². The average Bonchev–Trinajstić information content (AvgIpc) is 2.55. The number of ether oxygens (including phenoxy) is 1. The van der Waals surface area contributed by atoms with Crippen molar-refractivity contribution in [1.82, 2.24) is 10.2 Å². The van der Waals surface area contributed by atoms with Crippen LogP contribution in [0.25, 0.3) is 0 Å². The number of para-hydroxylation sites is 1. The van der Waals surface area contributed by atoms with Crippen molar-refractivity contribution in [2.45, 2.75) is 19.3 Å². The van der Waals surface area contributed by atoms with Crippen LogP contribution < -0.4 is 15.4 Å². The van der Waals surface area contributed by atoms with Crippen molar-refractivity contribution in [3.8, 4) is 5.75 Å². The number of carbonyl (C=O) groups is 1. The van der Waals surface area contributed by atoms with Gasteiger partial charge in [-0.15, -0.1) is 0 Å². The fraction of sp³-hybridized carbons (Fsp3) is 0.562. The highest BCUT2D eigenvalue weighted by molar-refractivity contribution is 5.98. The number of anilines is 1. The summed E-state index contributed by atoms with van der Waals surface area (Å²) in [6.07, 6.45) is 3.89. The number of nitrogens with zero attached hydrogens (tertiary/aromatic N) is 1. The molecule has 2 N–H and O–H groups in total. The number of rotatable bonds is 4. The van der Waals surface area contributed by atoms with Crippen LogP contribution in [-0.4, -0.2) is 50.1 Å². The third-order valence-corrected chi connectivity index (χ3v) is 4.09. The summed E-state index contributed by atoms with van der Waals surface area (Å²) in [4.78, 5) is 14.7. The highest BCUT2D eigenvalue weighted by Crippen LogP contribution is 2.30. The predicted octanol–water partition coefficient (Wildman–Crippen LogP) is 1.71. The van der Waals surface area contributed by atoms with Crippen molar-refractivity contribution < 1.29 is 9.53 Å². The number of nitrogens with one attached hydrogen (secondary N) is 2. The summed E-state index contributed by atoms with van der Waals surface area (Å²) < 4.78 is 5.64. The Morgan fingerprint density at radius 3 is 3.00 bits per heavy atom. The summed E-state index contributed by atoms with van der Waals surface area (Å²) >= 11 is 0. The Morgan fingerprint density at radius 2 is 2.14 bits per heavy atom. The monoisotopic (exact) mass is 289 g/mol. The molecule has 0 spiro atoms. The quantitative estimate of drug-likeness (QED) is 0.886. The Hall–Kier alpha value is -1.75. The van der Waals surface area contributed by atoms with Gasteiger partial charge in [-0.25, -0.2) is 0 Å². The molecule has 0 radical (unpaired) electrons. The third kappa shape index (κ3) is 3.47. The molecule has 1 fully saturated rings. The van der Waals surface area contributed by atoms with Crippen LogP contribution in [0.2, 0.25) is 0 Å². The summed E-state index contributed by atoms with van der Waals surface area (Å²) in [5.41, 5.74) is 1.53. The zero-order valence-corrected chi connectivity index (χ0v) is 12.4. The van der Waals surface area contributed by atoms with Crippen LogP contribution in [0.1, 0.15) is 29.6 Å². The molecule has 1 amide bonds. The first-order valence-corrected chi connectivity index (χ1v) is 7.85. The van der Waals surface area contributed by atoms with E-state index in [9.17, 15) is 4.79 Å². The molecular formula is C16H23N3O2. The van der Waals surface area contributed by atoms with Gasteiger partial charge in [-0.2, -0.15) is 0 Å². The van der Waals surface area contributed by atoms with Crippen molar-refractivity contribution in [3.05, 3.63) is 23.8 Å². The standard InChI is InChI=1S/C16H23N3O2/c20-16(18-7-11-19-9-2-1-3-10-19)13-5-4-6-14-15(13)21-12-8-17-14/h4-6,17H,1-3,7-12H2,(H,18,20). The number of hydrogen-bond acceptors (Lipinski definition) is 4. The summed E-state index contributed by atoms with van der Waals surface area (Å²) in [5, 5.41) is 6.26. The summed E-state index contributed by atoms with van der Waals surface area (Å²) in [7, 11) is 0. The lowest BCUT2D eigenvalue weighted by Crippen LogP contribution is -2.37. The molecule has 5 heteroatoms. The number of hydrogen-bond donors (Lipinski definition) is 2. The predicted molar refractivity (Wildman–Crippen MR) is 83.1 cm³/mol. The maximum absolute atomic E-state index is 12.3. The van der Waals surface area contributed by atoms with Crippen molar-refractivity contribution in [3.63, 3.8) is 0 Å². The minimum absolute atomic E-state index is 0.0486. The normalized spacial score (nSPS) is 18.3. The molecule has 2 heterocycles. The molecule has 2 aliphatic rings. The van der Waals surface area contributed by atoms with Gasteiger partial charge in [-0.1, -0.05) is 12.5 Å². The van der Waals surface area contributed by atoms with E-state index in [0.717, 1.165) is 31.9 Å². The molecule has 1 aromatic carbocycles. The smallest absolute Gasteiger partial charge is 0.255 e. The second kappa shape index (κ2) is 6.80. The van der Waals surface area contributed by atoms with Crippen LogP contribution in [0.3, 0.4) is 0 Å². The molecule has 3 rings (SSSR count). The number of benzene rings is 1. The van der Waals surface area contributed by atoms with Crippen molar-refractivity contribution >= 4 is 11.6 Å². The zero-order chi connectivity index (χ0) is 14.5. The molecule has 0 aromatic heterocycles. The van der Waals surface area contributed by atoms with Crippen LogP contribution in [0, 0.1) is 0 Å². The lowest BCUT2D eigenvalue weighted by molar-refractivity contribution is 0.0942. The SMILES string of the molecule is O=C(NCCN1CCCCC1)c1cccc2c1OCCN2. The van der Waals surface area contributed by atoms with Crippen LogP contribution >= 0.6 is 0 Å². The van der Waals surface area contributed by atoms with Gasteiger partial charge in [0, 0.05) is 19.6 Å². The van der Waals surface area contributed by atoms with Crippen LogP contribution in [0.15, 0.2) is 18.2 Å². The van der Waals surface area contributed by atoms with E-state index in [0.29, 0.717) is 24.5 Å². The van der Waals surface area contributed by atoms with E-state index in [-0.39, 0.29) is 5.91 Å². The van der Waals surface area contributed by atoms with Crippen molar-refractivity contribution in [1.29, 1.82) is 0 Å². The maximum Gasteiger partial charge on any atom is 0.255 e. The van der Waals surface area contributed by atoms with E-state index in [1.54, 1.807) is 0 Å². The summed E-state index contributed by atoms with van der Waals surface area (Å²) in [6.45, 7) is 5.32. The molecule has 0 unspecified atom stereocenters. The van der Waals surface area contributed by atoms with E-state index in [2.05, 4.69) is 15.5 Å². The first-order valence-electron chi connectivity index (χ1n) is 7.85. The Balaban J connectivity index is 1.55. The van der Waals surface area contributed by atoms with Crippen molar-refractivity contribution in [2.24, 2.45) is 0 Å². The van der Waals surface area contributed by atoms with Gasteiger partial charge < -0.3 is 20.3 Å². The van der Waals surface area contributed by atoms with Crippen LogP contribution in [0.5, 0.6) is 5.75 Å². The Kier molecular flexibility index (Phi) is 4.60. The minimum atomic E-state index is -0.0486. The van der Waals surface area contributed by atoms with Gasteiger partial charge in [0.25, 0.3) is 5.91 Å².